The van der Waals surface area contributed by atoms with E-state index in [-0.39, 0.29) is 24.0 Å². The van der Waals surface area contributed by atoms with Crippen molar-refractivity contribution < 1.29 is 14.4 Å². The van der Waals surface area contributed by atoms with E-state index in [9.17, 15) is 14.4 Å². The first-order chi connectivity index (χ1) is 11.3. The molecule has 1 heterocycles. The summed E-state index contributed by atoms with van der Waals surface area (Å²) in [4.78, 5) is 37.3. The van der Waals surface area contributed by atoms with E-state index >= 15 is 0 Å². The highest BCUT2D eigenvalue weighted by molar-refractivity contribution is 6.06. The number of amides is 5. The number of imide groups is 1. The standard InChI is InChI=1S/C17H30N4O3/c1-4-5-10-18-15(23)19-13-8-6-12(7-9-13)11-21-14(22)17(2,3)20-16(21)24/h12-13H,4-11H2,1-3H3,(H,20,24)(H2,18,19,23). The Hall–Kier alpha value is -1.79. The van der Waals surface area contributed by atoms with Crippen molar-refractivity contribution in [2.24, 2.45) is 5.92 Å². The van der Waals surface area contributed by atoms with E-state index in [0.29, 0.717) is 19.0 Å². The van der Waals surface area contributed by atoms with Crippen molar-refractivity contribution in [1.82, 2.24) is 20.9 Å². The van der Waals surface area contributed by atoms with Gasteiger partial charge in [0.15, 0.2) is 0 Å². The van der Waals surface area contributed by atoms with Crippen molar-refractivity contribution in [3.05, 3.63) is 0 Å². The molecule has 7 nitrogen and oxygen atoms in total. The second-order valence-electron chi connectivity index (χ2n) is 7.44. The highest BCUT2D eigenvalue weighted by atomic mass is 16.2. The molecule has 136 valence electrons. The van der Waals surface area contributed by atoms with Crippen LogP contribution in [-0.4, -0.2) is 47.5 Å². The van der Waals surface area contributed by atoms with Crippen LogP contribution in [0, 0.1) is 5.92 Å². The van der Waals surface area contributed by atoms with Gasteiger partial charge in [0.2, 0.25) is 0 Å². The summed E-state index contributed by atoms with van der Waals surface area (Å²) in [5.41, 5.74) is -0.799. The van der Waals surface area contributed by atoms with Crippen LogP contribution in [0.25, 0.3) is 0 Å². The lowest BCUT2D eigenvalue weighted by molar-refractivity contribution is -0.130. The van der Waals surface area contributed by atoms with Gasteiger partial charge in [0.1, 0.15) is 5.54 Å². The minimum atomic E-state index is -0.799. The molecule has 24 heavy (non-hydrogen) atoms. The Labute approximate surface area is 143 Å². The molecule has 0 aromatic carbocycles. The molecule has 0 spiro atoms. The fourth-order valence-corrected chi connectivity index (χ4v) is 3.35. The summed E-state index contributed by atoms with van der Waals surface area (Å²) in [5, 5.41) is 8.59. The predicted octanol–water partition coefficient (Wildman–Crippen LogP) is 1.97. The number of rotatable bonds is 6. The largest absolute Gasteiger partial charge is 0.338 e. The molecule has 2 fully saturated rings. The third-order valence-electron chi connectivity index (χ3n) is 4.88. The van der Waals surface area contributed by atoms with E-state index in [1.165, 1.54) is 4.90 Å². The van der Waals surface area contributed by atoms with Crippen LogP contribution < -0.4 is 16.0 Å². The summed E-state index contributed by atoms with van der Waals surface area (Å²) < 4.78 is 0. The normalized spacial score (nSPS) is 26.2. The minimum absolute atomic E-state index is 0.0947. The van der Waals surface area contributed by atoms with Gasteiger partial charge in [0, 0.05) is 19.1 Å². The molecule has 0 aromatic heterocycles. The number of hydrogen-bond donors (Lipinski definition) is 3. The van der Waals surface area contributed by atoms with Crippen LogP contribution in [0.2, 0.25) is 0 Å². The number of unbranched alkanes of at least 4 members (excludes halogenated alkanes) is 1. The molecule has 1 aliphatic carbocycles. The summed E-state index contributed by atoms with van der Waals surface area (Å²) >= 11 is 0. The minimum Gasteiger partial charge on any atom is -0.338 e. The van der Waals surface area contributed by atoms with Gasteiger partial charge in [-0.25, -0.2) is 9.59 Å². The van der Waals surface area contributed by atoms with Gasteiger partial charge >= 0.3 is 12.1 Å². The molecule has 5 amide bonds. The summed E-state index contributed by atoms with van der Waals surface area (Å²) in [6, 6.07) is -0.203. The van der Waals surface area contributed by atoms with E-state index in [1.54, 1.807) is 13.8 Å². The van der Waals surface area contributed by atoms with Crippen LogP contribution in [0.15, 0.2) is 0 Å². The van der Waals surface area contributed by atoms with Gasteiger partial charge in [-0.3, -0.25) is 9.69 Å². The van der Waals surface area contributed by atoms with Gasteiger partial charge in [-0.15, -0.1) is 0 Å². The van der Waals surface area contributed by atoms with Crippen molar-refractivity contribution in [2.75, 3.05) is 13.1 Å². The third kappa shape index (κ3) is 4.61. The maximum Gasteiger partial charge on any atom is 0.325 e. The van der Waals surface area contributed by atoms with Crippen LogP contribution in [0.1, 0.15) is 59.3 Å². The molecule has 0 bridgehead atoms. The first-order valence-electron chi connectivity index (χ1n) is 9.02. The van der Waals surface area contributed by atoms with Crippen molar-refractivity contribution in [3.8, 4) is 0 Å². The molecular weight excluding hydrogens is 308 g/mol. The maximum atomic E-state index is 12.2. The van der Waals surface area contributed by atoms with Crippen molar-refractivity contribution >= 4 is 18.0 Å². The second kappa shape index (κ2) is 7.85. The quantitative estimate of drug-likeness (QED) is 0.511. The Morgan fingerprint density at radius 2 is 1.92 bits per heavy atom. The van der Waals surface area contributed by atoms with Crippen molar-refractivity contribution in [2.45, 2.75) is 70.9 Å². The molecular formula is C17H30N4O3. The lowest BCUT2D eigenvalue weighted by Gasteiger charge is -2.31. The first kappa shape index (κ1) is 18.5. The Bertz CT molecular complexity index is 484. The number of hydrogen-bond acceptors (Lipinski definition) is 3. The van der Waals surface area contributed by atoms with Crippen LogP contribution >= 0.6 is 0 Å². The monoisotopic (exact) mass is 338 g/mol. The molecule has 1 saturated carbocycles. The van der Waals surface area contributed by atoms with Crippen LogP contribution in [0.4, 0.5) is 9.59 Å². The van der Waals surface area contributed by atoms with Crippen molar-refractivity contribution in [1.29, 1.82) is 0 Å². The molecule has 0 atom stereocenters. The SMILES string of the molecule is CCCCNC(=O)NC1CCC(CN2C(=O)NC(C)(C)C2=O)CC1. The molecule has 0 unspecified atom stereocenters. The van der Waals surface area contributed by atoms with Gasteiger partial charge in [-0.05, 0) is 51.9 Å². The Morgan fingerprint density at radius 3 is 2.46 bits per heavy atom. The lowest BCUT2D eigenvalue weighted by Crippen LogP contribution is -2.45. The average molecular weight is 338 g/mol. The Morgan fingerprint density at radius 1 is 1.25 bits per heavy atom. The molecule has 0 radical (unpaired) electrons. The van der Waals surface area contributed by atoms with Crippen LogP contribution in [0.5, 0.6) is 0 Å². The topological polar surface area (TPSA) is 90.5 Å². The predicted molar refractivity (Wildman–Crippen MR) is 91.5 cm³/mol. The number of nitrogens with zero attached hydrogens (tertiary/aromatic N) is 1. The molecule has 2 rings (SSSR count). The third-order valence-corrected chi connectivity index (χ3v) is 4.88. The first-order valence-corrected chi connectivity index (χ1v) is 9.02. The number of nitrogens with one attached hydrogen (secondary N) is 3. The molecule has 3 N–H and O–H groups in total. The molecule has 0 aromatic rings. The lowest BCUT2D eigenvalue weighted by atomic mass is 9.85. The molecule has 1 aliphatic heterocycles. The van der Waals surface area contributed by atoms with Crippen LogP contribution in [-0.2, 0) is 4.79 Å². The zero-order chi connectivity index (χ0) is 17.7. The Kier molecular flexibility index (Phi) is 6.07. The van der Waals surface area contributed by atoms with Gasteiger partial charge in [0.05, 0.1) is 0 Å². The average Bonchev–Trinajstić information content (AvgIpc) is 2.71. The van der Waals surface area contributed by atoms with E-state index in [4.69, 9.17) is 0 Å². The smallest absolute Gasteiger partial charge is 0.325 e. The zero-order valence-corrected chi connectivity index (χ0v) is 15.0. The van der Waals surface area contributed by atoms with Gasteiger partial charge in [-0.2, -0.15) is 0 Å². The van der Waals surface area contributed by atoms with Gasteiger partial charge in [-0.1, -0.05) is 13.3 Å². The van der Waals surface area contributed by atoms with Gasteiger partial charge in [0.25, 0.3) is 5.91 Å². The number of urea groups is 2. The number of carbonyl (C=O) groups excluding carboxylic acids is 3. The maximum absolute atomic E-state index is 12.2. The fourth-order valence-electron chi connectivity index (χ4n) is 3.35. The number of carbonyl (C=O) groups is 3. The van der Waals surface area contributed by atoms with Crippen LogP contribution in [0.3, 0.4) is 0 Å². The van der Waals surface area contributed by atoms with E-state index in [2.05, 4.69) is 22.9 Å². The van der Waals surface area contributed by atoms with Crippen molar-refractivity contribution in [3.63, 3.8) is 0 Å². The summed E-state index contributed by atoms with van der Waals surface area (Å²) in [5.74, 6) is 0.165. The highest BCUT2D eigenvalue weighted by Crippen LogP contribution is 2.27. The molecule has 7 heteroatoms. The van der Waals surface area contributed by atoms with Gasteiger partial charge < -0.3 is 16.0 Å². The van der Waals surface area contributed by atoms with E-state index in [0.717, 1.165) is 38.5 Å². The summed E-state index contributed by atoms with van der Waals surface area (Å²) in [6.07, 6.45) is 5.65. The second-order valence-corrected chi connectivity index (χ2v) is 7.44. The summed E-state index contributed by atoms with van der Waals surface area (Å²) in [7, 11) is 0. The fraction of sp³-hybridized carbons (Fsp3) is 0.824. The summed E-state index contributed by atoms with van der Waals surface area (Å²) in [6.45, 7) is 6.73. The van der Waals surface area contributed by atoms with E-state index in [1.807, 2.05) is 0 Å². The zero-order valence-electron chi connectivity index (χ0n) is 15.0. The van der Waals surface area contributed by atoms with E-state index < -0.39 is 5.54 Å². The Balaban J connectivity index is 1.72. The highest BCUT2D eigenvalue weighted by Gasteiger charge is 2.44. The molecule has 2 aliphatic rings. The molecule has 1 saturated heterocycles.